The summed E-state index contributed by atoms with van der Waals surface area (Å²) in [6, 6.07) is 4.40. The minimum Gasteiger partial charge on any atom is -0.493 e. The smallest absolute Gasteiger partial charge is 0.387 e. The van der Waals surface area contributed by atoms with Crippen LogP contribution in [0.3, 0.4) is 0 Å². The van der Waals surface area contributed by atoms with Gasteiger partial charge in [0.15, 0.2) is 11.5 Å². The first kappa shape index (κ1) is 14.2. The van der Waals surface area contributed by atoms with Crippen LogP contribution in [0.4, 0.5) is 8.78 Å². The second-order valence-electron chi connectivity index (χ2n) is 3.47. The van der Waals surface area contributed by atoms with Gasteiger partial charge in [0.05, 0.1) is 12.7 Å². The molecule has 0 unspecified atom stereocenters. The van der Waals surface area contributed by atoms with Gasteiger partial charge < -0.3 is 14.8 Å². The molecule has 0 aromatic heterocycles. The van der Waals surface area contributed by atoms with Gasteiger partial charge in [-0.15, -0.1) is 0 Å². The highest BCUT2D eigenvalue weighted by Crippen LogP contribution is 2.32. The first-order valence-corrected chi connectivity index (χ1v) is 5.50. The van der Waals surface area contributed by atoms with E-state index in [1.807, 2.05) is 6.92 Å². The number of halogens is 2. The number of nitrogens with one attached hydrogen (secondary N) is 1. The maximum atomic E-state index is 12.3. The summed E-state index contributed by atoms with van der Waals surface area (Å²) in [5, 5.41) is 2.59. The molecule has 0 saturated carbocycles. The van der Waals surface area contributed by atoms with E-state index >= 15 is 0 Å². The summed E-state index contributed by atoms with van der Waals surface area (Å²) in [6.07, 6.45) is 0.751. The fourth-order valence-corrected chi connectivity index (χ4v) is 1.40. The number of benzene rings is 1. The number of hydrogen-bond donors (Lipinski definition) is 1. The predicted molar refractivity (Wildman–Crippen MR) is 62.3 cm³/mol. The van der Waals surface area contributed by atoms with E-state index in [2.05, 4.69) is 10.1 Å². The van der Waals surface area contributed by atoms with E-state index in [1.54, 1.807) is 0 Å². The summed E-state index contributed by atoms with van der Waals surface area (Å²) in [5.74, 6) is -0.616. The van der Waals surface area contributed by atoms with Crippen molar-refractivity contribution in [1.29, 1.82) is 0 Å². The van der Waals surface area contributed by atoms with Gasteiger partial charge in [-0.2, -0.15) is 8.78 Å². The lowest BCUT2D eigenvalue weighted by molar-refractivity contribution is -0.0515. The molecule has 1 aromatic carbocycles. The van der Waals surface area contributed by atoms with Crippen molar-refractivity contribution in [1.82, 2.24) is 5.32 Å². The van der Waals surface area contributed by atoms with Crippen LogP contribution in [-0.4, -0.2) is 26.2 Å². The van der Waals surface area contributed by atoms with E-state index < -0.39 is 12.5 Å². The Kier molecular flexibility index (Phi) is 5.35. The third kappa shape index (κ3) is 3.58. The normalized spacial score (nSPS) is 10.3. The van der Waals surface area contributed by atoms with Crippen LogP contribution in [0.5, 0.6) is 11.5 Å². The number of ether oxygens (including phenoxy) is 2. The second kappa shape index (κ2) is 6.78. The van der Waals surface area contributed by atoms with Crippen molar-refractivity contribution in [2.24, 2.45) is 0 Å². The summed E-state index contributed by atoms with van der Waals surface area (Å²) in [4.78, 5) is 11.8. The molecule has 1 N–H and O–H groups in total. The number of amides is 1. The second-order valence-corrected chi connectivity index (χ2v) is 3.47. The van der Waals surface area contributed by atoms with Gasteiger partial charge in [0.1, 0.15) is 0 Å². The minimum absolute atomic E-state index is 0.0306. The van der Waals surface area contributed by atoms with Crippen LogP contribution in [0.15, 0.2) is 18.2 Å². The van der Waals surface area contributed by atoms with Crippen LogP contribution in [0.25, 0.3) is 0 Å². The topological polar surface area (TPSA) is 47.6 Å². The Morgan fingerprint density at radius 2 is 2.17 bits per heavy atom. The Bertz CT molecular complexity index is 410. The average Bonchev–Trinajstić information content (AvgIpc) is 2.35. The minimum atomic E-state index is -3.01. The third-order valence-corrected chi connectivity index (χ3v) is 2.19. The Morgan fingerprint density at radius 3 is 2.72 bits per heavy atom. The van der Waals surface area contributed by atoms with Gasteiger partial charge >= 0.3 is 6.61 Å². The van der Waals surface area contributed by atoms with Crippen LogP contribution in [0.1, 0.15) is 23.7 Å². The molecule has 1 aromatic rings. The lowest BCUT2D eigenvalue weighted by Crippen LogP contribution is -2.25. The van der Waals surface area contributed by atoms with Gasteiger partial charge in [0, 0.05) is 6.54 Å². The molecule has 0 saturated heterocycles. The van der Waals surface area contributed by atoms with Crippen LogP contribution in [-0.2, 0) is 0 Å². The first-order chi connectivity index (χ1) is 8.60. The van der Waals surface area contributed by atoms with Crippen LogP contribution >= 0.6 is 0 Å². The summed E-state index contributed by atoms with van der Waals surface area (Å²) in [5.41, 5.74) is 0.0306. The number of hydrogen-bond acceptors (Lipinski definition) is 3. The maximum absolute atomic E-state index is 12.3. The molecular weight excluding hydrogens is 244 g/mol. The van der Waals surface area contributed by atoms with Gasteiger partial charge in [-0.1, -0.05) is 13.0 Å². The van der Waals surface area contributed by atoms with Crippen molar-refractivity contribution in [3.63, 3.8) is 0 Å². The molecule has 0 heterocycles. The molecule has 0 aliphatic heterocycles. The summed E-state index contributed by atoms with van der Waals surface area (Å²) in [7, 11) is 1.32. The number of para-hydroxylation sites is 1. The number of rotatable bonds is 6. The van der Waals surface area contributed by atoms with Crippen LogP contribution in [0, 0.1) is 0 Å². The fraction of sp³-hybridized carbons (Fsp3) is 0.417. The predicted octanol–water partition coefficient (Wildman–Crippen LogP) is 2.44. The summed E-state index contributed by atoms with van der Waals surface area (Å²) < 4.78 is 33.9. The van der Waals surface area contributed by atoms with E-state index in [-0.39, 0.29) is 17.1 Å². The van der Waals surface area contributed by atoms with Gasteiger partial charge in [-0.05, 0) is 18.6 Å². The molecule has 4 nitrogen and oxygen atoms in total. The largest absolute Gasteiger partial charge is 0.493 e. The van der Waals surface area contributed by atoms with Gasteiger partial charge in [-0.25, -0.2) is 0 Å². The molecular formula is C12H15F2NO3. The monoisotopic (exact) mass is 259 g/mol. The first-order valence-electron chi connectivity index (χ1n) is 5.50. The lowest BCUT2D eigenvalue weighted by Gasteiger charge is -2.14. The van der Waals surface area contributed by atoms with E-state index in [0.29, 0.717) is 6.54 Å². The zero-order chi connectivity index (χ0) is 13.5. The molecule has 1 amide bonds. The fourth-order valence-electron chi connectivity index (χ4n) is 1.40. The molecule has 6 heteroatoms. The van der Waals surface area contributed by atoms with Gasteiger partial charge in [0.25, 0.3) is 5.91 Å². The summed E-state index contributed by atoms with van der Waals surface area (Å²) in [6.45, 7) is -0.661. The van der Waals surface area contributed by atoms with Crippen molar-refractivity contribution in [3.8, 4) is 11.5 Å². The van der Waals surface area contributed by atoms with E-state index in [1.165, 1.54) is 25.3 Å². The molecule has 18 heavy (non-hydrogen) atoms. The SMILES string of the molecule is CCCNC(=O)c1cccc(OC)c1OC(F)F. The quantitative estimate of drug-likeness (QED) is 0.853. The number of carbonyl (C=O) groups is 1. The van der Waals surface area contributed by atoms with Crippen LogP contribution < -0.4 is 14.8 Å². The zero-order valence-electron chi connectivity index (χ0n) is 10.2. The number of carbonyl (C=O) groups excluding carboxylic acids is 1. The Balaban J connectivity index is 3.05. The highest BCUT2D eigenvalue weighted by molar-refractivity contribution is 5.97. The van der Waals surface area contributed by atoms with Crippen molar-refractivity contribution in [2.45, 2.75) is 20.0 Å². The molecule has 0 atom stereocenters. The third-order valence-electron chi connectivity index (χ3n) is 2.19. The van der Waals surface area contributed by atoms with E-state index in [0.717, 1.165) is 6.42 Å². The molecule has 0 aliphatic rings. The maximum Gasteiger partial charge on any atom is 0.387 e. The van der Waals surface area contributed by atoms with Crippen LogP contribution in [0.2, 0.25) is 0 Å². The van der Waals surface area contributed by atoms with Crippen molar-refractivity contribution in [3.05, 3.63) is 23.8 Å². The molecule has 0 fully saturated rings. The highest BCUT2D eigenvalue weighted by Gasteiger charge is 2.19. The lowest BCUT2D eigenvalue weighted by atomic mass is 10.1. The number of methoxy groups -OCH3 is 1. The molecule has 0 aliphatic carbocycles. The van der Waals surface area contributed by atoms with Crippen molar-refractivity contribution >= 4 is 5.91 Å². The Morgan fingerprint density at radius 1 is 1.44 bits per heavy atom. The zero-order valence-corrected chi connectivity index (χ0v) is 10.2. The van der Waals surface area contributed by atoms with Crippen molar-refractivity contribution in [2.75, 3.05) is 13.7 Å². The molecule has 100 valence electrons. The molecule has 1 rings (SSSR count). The van der Waals surface area contributed by atoms with Gasteiger partial charge in [-0.3, -0.25) is 4.79 Å². The Hall–Kier alpha value is -1.85. The van der Waals surface area contributed by atoms with E-state index in [4.69, 9.17) is 4.74 Å². The standard InChI is InChI=1S/C12H15F2NO3/c1-3-7-15-11(16)8-5-4-6-9(17-2)10(8)18-12(13)14/h4-6,12H,3,7H2,1-2H3,(H,15,16). The summed E-state index contributed by atoms with van der Waals surface area (Å²) >= 11 is 0. The molecule has 0 bridgehead atoms. The molecule has 0 spiro atoms. The van der Waals surface area contributed by atoms with E-state index in [9.17, 15) is 13.6 Å². The average molecular weight is 259 g/mol. The Labute approximate surface area is 104 Å². The van der Waals surface area contributed by atoms with Gasteiger partial charge in [0.2, 0.25) is 0 Å². The van der Waals surface area contributed by atoms with Crippen molar-refractivity contribution < 1.29 is 23.0 Å². The number of alkyl halides is 2. The molecule has 0 radical (unpaired) electrons. The highest BCUT2D eigenvalue weighted by atomic mass is 19.3.